The maximum absolute atomic E-state index is 9.68. The number of benzene rings is 4. The van der Waals surface area contributed by atoms with Crippen molar-refractivity contribution in [3.63, 3.8) is 0 Å². The van der Waals surface area contributed by atoms with E-state index in [0.29, 0.717) is 0 Å². The Labute approximate surface area is 158 Å². The molecule has 2 N–H and O–H groups in total. The third kappa shape index (κ3) is 2.58. The van der Waals surface area contributed by atoms with E-state index >= 15 is 0 Å². The number of phenolic OH excluding ortho intramolecular Hbond substituents is 2. The molecule has 2 heteroatoms. The molecular formula is C25H18O2. The maximum atomic E-state index is 9.68. The Balaban J connectivity index is 1.70. The molecule has 0 radical (unpaired) electrons. The molecule has 27 heavy (non-hydrogen) atoms. The highest BCUT2D eigenvalue weighted by molar-refractivity contribution is 5.83. The average molecular weight is 350 g/mol. The third-order valence-electron chi connectivity index (χ3n) is 5.35. The summed E-state index contributed by atoms with van der Waals surface area (Å²) < 4.78 is 0. The molecule has 130 valence electrons. The Morgan fingerprint density at radius 2 is 1.11 bits per heavy atom. The van der Waals surface area contributed by atoms with Crippen LogP contribution in [0.15, 0.2) is 91.0 Å². The second kappa shape index (κ2) is 6.03. The summed E-state index contributed by atoms with van der Waals surface area (Å²) in [5.41, 5.74) is 8.46. The van der Waals surface area contributed by atoms with E-state index in [4.69, 9.17) is 0 Å². The number of rotatable bonds is 2. The molecule has 0 aliphatic heterocycles. The second-order valence-corrected chi connectivity index (χ2v) is 6.96. The lowest BCUT2D eigenvalue weighted by Gasteiger charge is -2.15. The fraction of sp³-hybridized carbons (Fsp3) is 0.0400. The summed E-state index contributed by atoms with van der Waals surface area (Å²) >= 11 is 0. The molecule has 0 aromatic heterocycles. The maximum Gasteiger partial charge on any atom is 0.115 e. The van der Waals surface area contributed by atoms with Gasteiger partial charge in [0.2, 0.25) is 0 Å². The minimum atomic E-state index is 0.147. The van der Waals surface area contributed by atoms with E-state index in [0.717, 1.165) is 11.1 Å². The normalized spacial score (nSPS) is 14.6. The van der Waals surface area contributed by atoms with E-state index in [-0.39, 0.29) is 17.4 Å². The van der Waals surface area contributed by atoms with Gasteiger partial charge in [0, 0.05) is 5.92 Å². The molecule has 1 unspecified atom stereocenters. The number of fused-ring (bicyclic) bond motifs is 3. The Morgan fingerprint density at radius 3 is 1.85 bits per heavy atom. The fourth-order valence-electron chi connectivity index (χ4n) is 4.07. The largest absolute Gasteiger partial charge is 0.508 e. The molecule has 0 spiro atoms. The van der Waals surface area contributed by atoms with Crippen molar-refractivity contribution in [1.82, 2.24) is 0 Å². The van der Waals surface area contributed by atoms with Crippen molar-refractivity contribution in [2.45, 2.75) is 5.92 Å². The van der Waals surface area contributed by atoms with Gasteiger partial charge in [0.15, 0.2) is 0 Å². The quantitative estimate of drug-likeness (QED) is 0.414. The van der Waals surface area contributed by atoms with Gasteiger partial charge in [-0.05, 0) is 69.3 Å². The molecule has 0 saturated heterocycles. The lowest BCUT2D eigenvalue weighted by Crippen LogP contribution is -1.99. The summed E-state index contributed by atoms with van der Waals surface area (Å²) in [4.78, 5) is 0. The van der Waals surface area contributed by atoms with Crippen LogP contribution in [-0.4, -0.2) is 10.2 Å². The van der Waals surface area contributed by atoms with Crippen molar-refractivity contribution in [3.8, 4) is 33.8 Å². The summed E-state index contributed by atoms with van der Waals surface area (Å²) in [5.74, 6) is 0.700. The van der Waals surface area contributed by atoms with E-state index in [1.54, 1.807) is 24.3 Å². The predicted octanol–water partition coefficient (Wildman–Crippen LogP) is 5.93. The van der Waals surface area contributed by atoms with Crippen LogP contribution in [0.25, 0.3) is 22.3 Å². The second-order valence-electron chi connectivity index (χ2n) is 6.96. The molecule has 4 aromatic rings. The molecule has 1 aliphatic carbocycles. The zero-order valence-electron chi connectivity index (χ0n) is 14.6. The van der Waals surface area contributed by atoms with Gasteiger partial charge in [0.05, 0.1) is 0 Å². The van der Waals surface area contributed by atoms with Crippen LogP contribution in [0.4, 0.5) is 0 Å². The molecule has 5 rings (SSSR count). The highest BCUT2D eigenvalue weighted by Crippen LogP contribution is 2.49. The summed E-state index contributed by atoms with van der Waals surface area (Å²) in [6.07, 6.45) is 0. The minimum absolute atomic E-state index is 0.147. The first-order valence-electron chi connectivity index (χ1n) is 9.02. The number of phenols is 2. The van der Waals surface area contributed by atoms with Crippen LogP contribution in [0.2, 0.25) is 0 Å². The van der Waals surface area contributed by atoms with E-state index in [1.165, 1.54) is 27.8 Å². The van der Waals surface area contributed by atoms with Crippen molar-refractivity contribution >= 4 is 0 Å². The summed E-state index contributed by atoms with van der Waals surface area (Å²) in [5, 5.41) is 19.3. The van der Waals surface area contributed by atoms with Crippen LogP contribution < -0.4 is 0 Å². The third-order valence-corrected chi connectivity index (χ3v) is 5.35. The highest BCUT2D eigenvalue weighted by atomic mass is 16.3. The van der Waals surface area contributed by atoms with Gasteiger partial charge in [-0.15, -0.1) is 0 Å². The molecule has 4 aromatic carbocycles. The molecular weight excluding hydrogens is 332 g/mol. The van der Waals surface area contributed by atoms with Crippen molar-refractivity contribution in [1.29, 1.82) is 0 Å². The van der Waals surface area contributed by atoms with Gasteiger partial charge in [0.1, 0.15) is 11.5 Å². The van der Waals surface area contributed by atoms with Crippen molar-refractivity contribution < 1.29 is 10.2 Å². The number of hydrogen-bond acceptors (Lipinski definition) is 2. The average Bonchev–Trinajstić information content (AvgIpc) is 3.03. The van der Waals surface area contributed by atoms with Crippen LogP contribution in [0, 0.1) is 0 Å². The van der Waals surface area contributed by atoms with Crippen molar-refractivity contribution in [3.05, 3.63) is 108 Å². The SMILES string of the molecule is Oc1ccc(-c2ccc3c(c2)C(c2ccc(O)cc2)c2ccccc2-3)cc1. The van der Waals surface area contributed by atoms with Gasteiger partial charge in [-0.25, -0.2) is 0 Å². The van der Waals surface area contributed by atoms with Gasteiger partial charge in [-0.1, -0.05) is 60.7 Å². The van der Waals surface area contributed by atoms with Gasteiger partial charge in [0.25, 0.3) is 0 Å². The fourth-order valence-corrected chi connectivity index (χ4v) is 4.07. The van der Waals surface area contributed by atoms with E-state index in [9.17, 15) is 10.2 Å². The molecule has 0 bridgehead atoms. The van der Waals surface area contributed by atoms with E-state index in [1.807, 2.05) is 24.3 Å². The topological polar surface area (TPSA) is 40.5 Å². The summed E-state index contributed by atoms with van der Waals surface area (Å²) in [6.45, 7) is 0. The first-order chi connectivity index (χ1) is 13.2. The minimum Gasteiger partial charge on any atom is -0.508 e. The molecule has 1 atom stereocenters. The number of aromatic hydroxyl groups is 2. The van der Waals surface area contributed by atoms with E-state index in [2.05, 4.69) is 42.5 Å². The zero-order chi connectivity index (χ0) is 18.4. The predicted molar refractivity (Wildman–Crippen MR) is 108 cm³/mol. The molecule has 0 heterocycles. The van der Waals surface area contributed by atoms with Crippen LogP contribution >= 0.6 is 0 Å². The first-order valence-corrected chi connectivity index (χ1v) is 9.02. The van der Waals surface area contributed by atoms with Crippen molar-refractivity contribution in [2.24, 2.45) is 0 Å². The van der Waals surface area contributed by atoms with Crippen LogP contribution in [0.3, 0.4) is 0 Å². The molecule has 2 nitrogen and oxygen atoms in total. The zero-order valence-corrected chi connectivity index (χ0v) is 14.6. The standard InChI is InChI=1S/C25H18O2/c26-19-10-5-16(6-11-19)18-9-14-22-21-3-1-2-4-23(21)25(24(22)15-18)17-7-12-20(27)13-8-17/h1-15,25-27H. The van der Waals surface area contributed by atoms with Crippen LogP contribution in [-0.2, 0) is 0 Å². The van der Waals surface area contributed by atoms with Gasteiger partial charge < -0.3 is 10.2 Å². The van der Waals surface area contributed by atoms with Gasteiger partial charge >= 0.3 is 0 Å². The van der Waals surface area contributed by atoms with Crippen molar-refractivity contribution in [2.75, 3.05) is 0 Å². The Kier molecular flexibility index (Phi) is 3.51. The van der Waals surface area contributed by atoms with E-state index < -0.39 is 0 Å². The Hall–Kier alpha value is -3.52. The molecule has 0 amide bonds. The lowest BCUT2D eigenvalue weighted by molar-refractivity contribution is 0.474. The Morgan fingerprint density at radius 1 is 0.519 bits per heavy atom. The van der Waals surface area contributed by atoms with Gasteiger partial charge in [-0.2, -0.15) is 0 Å². The lowest BCUT2D eigenvalue weighted by atomic mass is 9.88. The smallest absolute Gasteiger partial charge is 0.115 e. The monoisotopic (exact) mass is 350 g/mol. The summed E-state index contributed by atoms with van der Waals surface area (Å²) in [7, 11) is 0. The first kappa shape index (κ1) is 15.7. The van der Waals surface area contributed by atoms with Crippen LogP contribution in [0.5, 0.6) is 11.5 Å². The molecule has 1 aliphatic rings. The molecule has 0 fully saturated rings. The highest BCUT2D eigenvalue weighted by Gasteiger charge is 2.29. The van der Waals surface area contributed by atoms with Crippen LogP contribution in [0.1, 0.15) is 22.6 Å². The number of hydrogen-bond donors (Lipinski definition) is 2. The Bertz CT molecular complexity index is 1130. The van der Waals surface area contributed by atoms with Gasteiger partial charge in [-0.3, -0.25) is 0 Å². The molecule has 0 saturated carbocycles. The summed E-state index contributed by atoms with van der Waals surface area (Å²) in [6, 6.07) is 29.9.